The summed E-state index contributed by atoms with van der Waals surface area (Å²) in [5, 5.41) is 2.87. The second-order valence-electron chi connectivity index (χ2n) is 7.67. The molecule has 136 valence electrons. The second kappa shape index (κ2) is 6.38. The van der Waals surface area contributed by atoms with Gasteiger partial charge >= 0.3 is 0 Å². The minimum atomic E-state index is -0.750. The van der Waals surface area contributed by atoms with Crippen molar-refractivity contribution in [2.24, 2.45) is 23.7 Å². The van der Waals surface area contributed by atoms with Crippen molar-refractivity contribution >= 4 is 23.4 Å². The second-order valence-corrected chi connectivity index (χ2v) is 7.67. The van der Waals surface area contributed by atoms with Crippen molar-refractivity contribution in [1.29, 1.82) is 0 Å². The van der Waals surface area contributed by atoms with Gasteiger partial charge in [-0.25, -0.2) is 0 Å². The van der Waals surface area contributed by atoms with E-state index >= 15 is 0 Å². The summed E-state index contributed by atoms with van der Waals surface area (Å²) in [6.07, 6.45) is 6.52. The summed E-state index contributed by atoms with van der Waals surface area (Å²) in [5.41, 5.74) is 1.73. The lowest BCUT2D eigenvalue weighted by Crippen LogP contribution is -2.47. The zero-order chi connectivity index (χ0) is 18.4. The lowest BCUT2D eigenvalue weighted by Gasteiger charge is -2.38. The van der Waals surface area contributed by atoms with Crippen molar-refractivity contribution in [3.05, 3.63) is 42.0 Å². The van der Waals surface area contributed by atoms with Crippen molar-refractivity contribution in [2.45, 2.75) is 39.2 Å². The number of anilines is 1. The summed E-state index contributed by atoms with van der Waals surface area (Å²) in [7, 11) is 0. The van der Waals surface area contributed by atoms with E-state index in [0.717, 1.165) is 18.4 Å². The molecule has 0 unspecified atom stereocenters. The molecule has 26 heavy (non-hydrogen) atoms. The minimum absolute atomic E-state index is 0.142. The molecule has 0 aromatic heterocycles. The first kappa shape index (κ1) is 17.0. The van der Waals surface area contributed by atoms with E-state index in [2.05, 4.69) is 17.5 Å². The Morgan fingerprint density at radius 3 is 2.27 bits per heavy atom. The molecule has 3 aliphatic carbocycles. The van der Waals surface area contributed by atoms with Crippen LogP contribution < -0.4 is 5.32 Å². The fourth-order valence-electron chi connectivity index (χ4n) is 4.84. The summed E-state index contributed by atoms with van der Waals surface area (Å²) in [6, 6.07) is 6.77. The molecule has 5 nitrogen and oxygen atoms in total. The van der Waals surface area contributed by atoms with E-state index < -0.39 is 6.04 Å². The Kier molecular flexibility index (Phi) is 4.17. The highest BCUT2D eigenvalue weighted by molar-refractivity contribution is 6.10. The van der Waals surface area contributed by atoms with Crippen molar-refractivity contribution < 1.29 is 14.4 Å². The zero-order valence-corrected chi connectivity index (χ0v) is 15.1. The maximum Gasteiger partial charge on any atom is 0.247 e. The first-order valence-electron chi connectivity index (χ1n) is 9.44. The Balaban J connectivity index is 1.58. The number of fused-ring (bicyclic) bond motifs is 1. The van der Waals surface area contributed by atoms with Crippen LogP contribution in [0.3, 0.4) is 0 Å². The number of hydrogen-bond acceptors (Lipinski definition) is 3. The van der Waals surface area contributed by atoms with Crippen molar-refractivity contribution in [3.63, 3.8) is 0 Å². The number of benzene rings is 1. The monoisotopic (exact) mass is 352 g/mol. The van der Waals surface area contributed by atoms with Crippen LogP contribution in [0.15, 0.2) is 36.4 Å². The highest BCUT2D eigenvalue weighted by Gasteiger charge is 2.58. The number of likely N-dealkylation sites (tertiary alicyclic amines) is 1. The average Bonchev–Trinajstić information content (AvgIpc) is 2.91. The topological polar surface area (TPSA) is 66.5 Å². The molecule has 1 aliphatic heterocycles. The molecule has 5 heteroatoms. The number of carbonyl (C=O) groups excluding carboxylic acids is 3. The number of rotatable bonds is 4. The van der Waals surface area contributed by atoms with Gasteiger partial charge in [0.25, 0.3) is 0 Å². The van der Waals surface area contributed by atoms with Gasteiger partial charge < -0.3 is 5.32 Å². The van der Waals surface area contributed by atoms with Gasteiger partial charge in [0.15, 0.2) is 0 Å². The van der Waals surface area contributed by atoms with Gasteiger partial charge in [-0.05, 0) is 55.7 Å². The third-order valence-electron chi connectivity index (χ3n) is 6.08. The first-order chi connectivity index (χ1) is 12.5. The largest absolute Gasteiger partial charge is 0.324 e. The van der Waals surface area contributed by atoms with Crippen LogP contribution in [0.25, 0.3) is 0 Å². The lowest BCUT2D eigenvalue weighted by atomic mass is 9.63. The van der Waals surface area contributed by atoms with E-state index in [1.807, 2.05) is 38.1 Å². The number of nitrogens with zero attached hydrogens (tertiary/aromatic N) is 1. The highest BCUT2D eigenvalue weighted by Crippen LogP contribution is 2.50. The van der Waals surface area contributed by atoms with Gasteiger partial charge in [-0.2, -0.15) is 0 Å². The molecule has 2 bridgehead atoms. The molecule has 1 saturated heterocycles. The lowest BCUT2D eigenvalue weighted by molar-refractivity contribution is -0.146. The molecule has 1 N–H and O–H groups in total. The SMILES string of the molecule is CC[C@H](C(=O)Nc1cccc(C)c1)N1C(=O)[C@H]2[C@H](C1=O)[C@H]1C=C[C@H]2CC1. The molecule has 0 radical (unpaired) electrons. The highest BCUT2D eigenvalue weighted by atomic mass is 16.2. The van der Waals surface area contributed by atoms with Gasteiger partial charge in [0.2, 0.25) is 17.7 Å². The fraction of sp³-hybridized carbons (Fsp3) is 0.476. The predicted molar refractivity (Wildman–Crippen MR) is 98.1 cm³/mol. The Hall–Kier alpha value is -2.43. The smallest absolute Gasteiger partial charge is 0.247 e. The predicted octanol–water partition coefficient (Wildman–Crippen LogP) is 2.91. The molecule has 1 heterocycles. The molecule has 2 fully saturated rings. The Morgan fingerprint density at radius 1 is 1.15 bits per heavy atom. The van der Waals surface area contributed by atoms with Crippen molar-refractivity contribution in [1.82, 2.24) is 4.90 Å². The Labute approximate surface area is 153 Å². The summed E-state index contributed by atoms with van der Waals surface area (Å²) in [5.74, 6) is -0.874. The van der Waals surface area contributed by atoms with Gasteiger partial charge in [0.05, 0.1) is 11.8 Å². The van der Waals surface area contributed by atoms with E-state index in [4.69, 9.17) is 0 Å². The van der Waals surface area contributed by atoms with E-state index in [9.17, 15) is 14.4 Å². The van der Waals surface area contributed by atoms with Crippen molar-refractivity contribution in [3.8, 4) is 0 Å². The standard InChI is InChI=1S/C21H24N2O3/c1-3-16(19(24)22-15-6-4-5-12(2)11-15)23-20(25)17-13-7-8-14(10-9-13)18(17)21(23)26/h4-8,11,13-14,16-18H,3,9-10H2,1-2H3,(H,22,24)/t13-,14-,16+,17+,18+/m0/s1. The molecular formula is C21H24N2O3. The Morgan fingerprint density at radius 2 is 1.77 bits per heavy atom. The van der Waals surface area contributed by atoms with Gasteiger partial charge in [-0.1, -0.05) is 31.2 Å². The summed E-state index contributed by atoms with van der Waals surface area (Å²) in [6.45, 7) is 3.80. The maximum atomic E-state index is 13.0. The van der Waals surface area contributed by atoms with Gasteiger partial charge in [-0.15, -0.1) is 0 Å². The van der Waals surface area contributed by atoms with Gasteiger partial charge in [0, 0.05) is 5.69 Å². The molecule has 3 amide bonds. The summed E-state index contributed by atoms with van der Waals surface area (Å²) >= 11 is 0. The maximum absolute atomic E-state index is 13.0. The number of hydrogen-bond donors (Lipinski definition) is 1. The van der Waals surface area contributed by atoms with Crippen LogP contribution in [-0.4, -0.2) is 28.7 Å². The fourth-order valence-corrected chi connectivity index (χ4v) is 4.84. The molecule has 1 saturated carbocycles. The third kappa shape index (κ3) is 2.57. The average molecular weight is 352 g/mol. The number of imide groups is 1. The number of allylic oxidation sites excluding steroid dienone is 2. The van der Waals surface area contributed by atoms with E-state index in [-0.39, 0.29) is 41.4 Å². The van der Waals surface area contributed by atoms with E-state index in [1.165, 1.54) is 4.90 Å². The van der Waals surface area contributed by atoms with Crippen LogP contribution >= 0.6 is 0 Å². The van der Waals surface area contributed by atoms with Crippen LogP contribution in [-0.2, 0) is 14.4 Å². The van der Waals surface area contributed by atoms with E-state index in [1.54, 1.807) is 0 Å². The minimum Gasteiger partial charge on any atom is -0.324 e. The first-order valence-corrected chi connectivity index (χ1v) is 9.44. The molecule has 5 rings (SSSR count). The molecular weight excluding hydrogens is 328 g/mol. The van der Waals surface area contributed by atoms with Crippen molar-refractivity contribution in [2.75, 3.05) is 5.32 Å². The number of amides is 3. The molecule has 0 spiro atoms. The van der Waals surface area contributed by atoms with Gasteiger partial charge in [-0.3, -0.25) is 19.3 Å². The number of carbonyl (C=O) groups is 3. The number of nitrogens with one attached hydrogen (secondary N) is 1. The molecule has 5 atom stereocenters. The zero-order valence-electron chi connectivity index (χ0n) is 15.1. The van der Waals surface area contributed by atoms with Crippen LogP contribution in [0, 0.1) is 30.6 Å². The molecule has 1 aromatic carbocycles. The Bertz CT molecular complexity index is 768. The normalized spacial score (nSPS) is 30.5. The van der Waals surface area contributed by atoms with Crippen LogP contribution in [0.1, 0.15) is 31.7 Å². The summed E-state index contributed by atoms with van der Waals surface area (Å²) < 4.78 is 0. The molecule has 4 aliphatic rings. The van der Waals surface area contributed by atoms with Crippen LogP contribution in [0.5, 0.6) is 0 Å². The van der Waals surface area contributed by atoms with Gasteiger partial charge in [0.1, 0.15) is 6.04 Å². The van der Waals surface area contributed by atoms with E-state index in [0.29, 0.717) is 12.1 Å². The van der Waals surface area contributed by atoms with Crippen LogP contribution in [0.4, 0.5) is 5.69 Å². The van der Waals surface area contributed by atoms with Crippen LogP contribution in [0.2, 0.25) is 0 Å². The quantitative estimate of drug-likeness (QED) is 0.669. The number of aryl methyl sites for hydroxylation is 1. The third-order valence-corrected chi connectivity index (χ3v) is 6.08. The molecule has 1 aromatic rings. The summed E-state index contributed by atoms with van der Waals surface area (Å²) in [4.78, 5) is 40.2.